The number of nitrogens with one attached hydrogen (secondary N) is 1. The van der Waals surface area contributed by atoms with Gasteiger partial charge in [0.25, 0.3) is 11.8 Å². The maximum absolute atomic E-state index is 12.6. The Hall–Kier alpha value is -2.78. The van der Waals surface area contributed by atoms with Crippen molar-refractivity contribution in [3.05, 3.63) is 11.1 Å². The molecule has 1 aromatic rings. The number of hydrogen-bond acceptors (Lipinski definition) is 10. The number of carbonyl (C=O) groups excluding carboxylic acids is 2. The second-order valence-electron chi connectivity index (χ2n) is 6.22. The molecule has 1 saturated heterocycles. The largest absolute Gasteiger partial charge is 0.478 e. The van der Waals surface area contributed by atoms with Gasteiger partial charge in [-0.15, -0.1) is 11.3 Å². The number of thiazole rings is 1. The lowest BCUT2D eigenvalue weighted by molar-refractivity contribution is -0.161. The van der Waals surface area contributed by atoms with Gasteiger partial charge in [0, 0.05) is 5.38 Å². The minimum absolute atomic E-state index is 0.0350. The molecule has 2 atom stereocenters. The molecule has 2 heterocycles. The van der Waals surface area contributed by atoms with E-state index in [1.807, 2.05) is 0 Å². The molecular weight excluding hydrogens is 418 g/mol. The molecule has 154 valence electrons. The van der Waals surface area contributed by atoms with Crippen molar-refractivity contribution >= 4 is 50.3 Å². The number of oxime groups is 1. The van der Waals surface area contributed by atoms with E-state index in [1.54, 1.807) is 0 Å². The number of β-lactam (4-membered cyclic amide) rings is 1. The number of hydrogen-bond donors (Lipinski definition) is 4. The Kier molecular flexibility index (Phi) is 5.63. The summed E-state index contributed by atoms with van der Waals surface area (Å²) in [5.74, 6) is -3.38. The number of nitrogen functional groups attached to an aromatic ring is 1. The Morgan fingerprint density at radius 3 is 2.50 bits per heavy atom. The van der Waals surface area contributed by atoms with Crippen LogP contribution < -0.4 is 11.1 Å². The summed E-state index contributed by atoms with van der Waals surface area (Å²) in [6, 6.07) is -2.31. The first-order valence-electron chi connectivity index (χ1n) is 7.58. The highest BCUT2D eigenvalue weighted by molar-refractivity contribution is 7.84. The van der Waals surface area contributed by atoms with Crippen molar-refractivity contribution in [1.29, 1.82) is 0 Å². The zero-order valence-corrected chi connectivity index (χ0v) is 16.4. The maximum Gasteiger partial charge on any atom is 0.362 e. The predicted molar refractivity (Wildman–Crippen MR) is 95.7 cm³/mol. The molecular formula is C13H17N5O8S2. The fourth-order valence-corrected chi connectivity index (χ4v) is 3.54. The lowest BCUT2D eigenvalue weighted by Crippen LogP contribution is -2.71. The highest BCUT2D eigenvalue weighted by atomic mass is 32.2. The smallest absolute Gasteiger partial charge is 0.362 e. The van der Waals surface area contributed by atoms with Crippen LogP contribution in [-0.2, 0) is 29.5 Å². The molecule has 13 nitrogen and oxygen atoms in total. The lowest BCUT2D eigenvalue weighted by Gasteiger charge is -2.42. The van der Waals surface area contributed by atoms with Crippen molar-refractivity contribution in [3.8, 4) is 0 Å². The number of nitrogens with two attached hydrogens (primary N) is 1. The number of aromatic nitrogens is 1. The summed E-state index contributed by atoms with van der Waals surface area (Å²) in [5.41, 5.74) is 3.26. The Balaban J connectivity index is 2.26. The Bertz CT molecular complexity index is 954. The van der Waals surface area contributed by atoms with Gasteiger partial charge in [-0.3, -0.25) is 14.1 Å². The summed E-state index contributed by atoms with van der Waals surface area (Å²) in [5, 5.41) is 16.3. The molecule has 0 aliphatic carbocycles. The van der Waals surface area contributed by atoms with Crippen LogP contribution in [0.25, 0.3) is 0 Å². The van der Waals surface area contributed by atoms with Crippen molar-refractivity contribution in [1.82, 2.24) is 14.6 Å². The quantitative estimate of drug-likeness (QED) is 0.175. The van der Waals surface area contributed by atoms with Crippen molar-refractivity contribution < 1.29 is 37.3 Å². The van der Waals surface area contributed by atoms with E-state index in [0.717, 1.165) is 11.3 Å². The van der Waals surface area contributed by atoms with Gasteiger partial charge in [0.1, 0.15) is 11.7 Å². The summed E-state index contributed by atoms with van der Waals surface area (Å²) < 4.78 is 31.4. The summed E-state index contributed by atoms with van der Waals surface area (Å²) in [6.45, 7) is 3.69. The SMILES string of the molecule is C[C@H]1[C@@H](NC(=O)/C(=N/OC(C)(C)C(=O)O)c2csc(N)n2)C(=O)N1S(=O)(=O)O. The normalized spacial score (nSPS) is 20.5. The van der Waals surface area contributed by atoms with E-state index in [1.165, 1.54) is 26.2 Å². The van der Waals surface area contributed by atoms with E-state index in [-0.39, 0.29) is 15.1 Å². The number of rotatable bonds is 7. The second-order valence-corrected chi connectivity index (χ2v) is 8.40. The van der Waals surface area contributed by atoms with E-state index in [2.05, 4.69) is 15.5 Å². The average Bonchev–Trinajstić information content (AvgIpc) is 2.97. The molecule has 0 aromatic carbocycles. The van der Waals surface area contributed by atoms with Crippen molar-refractivity contribution in [2.75, 3.05) is 5.73 Å². The minimum Gasteiger partial charge on any atom is -0.478 e. The number of anilines is 1. The highest BCUT2D eigenvalue weighted by Crippen LogP contribution is 2.23. The van der Waals surface area contributed by atoms with Crippen molar-refractivity contribution in [2.45, 2.75) is 38.5 Å². The Morgan fingerprint density at radius 2 is 2.07 bits per heavy atom. The number of aliphatic carboxylic acids is 1. The zero-order chi connectivity index (χ0) is 21.4. The number of carboxylic acids is 1. The molecule has 0 spiro atoms. The molecule has 28 heavy (non-hydrogen) atoms. The van der Waals surface area contributed by atoms with Crippen LogP contribution in [-0.4, -0.2) is 68.5 Å². The molecule has 15 heteroatoms. The third-order valence-corrected chi connectivity index (χ3v) is 5.41. The molecule has 1 aliphatic heterocycles. The van der Waals surface area contributed by atoms with Gasteiger partial charge in [0.2, 0.25) is 5.60 Å². The molecule has 1 aromatic heterocycles. The lowest BCUT2D eigenvalue weighted by atomic mass is 10.0. The third kappa shape index (κ3) is 4.20. The molecule has 5 N–H and O–H groups in total. The average molecular weight is 435 g/mol. The summed E-state index contributed by atoms with van der Waals surface area (Å²) in [4.78, 5) is 44.4. The van der Waals surface area contributed by atoms with Gasteiger partial charge in [-0.2, -0.15) is 8.42 Å². The summed E-state index contributed by atoms with van der Waals surface area (Å²) in [6.07, 6.45) is 0. The maximum atomic E-state index is 12.6. The molecule has 2 rings (SSSR count). The second kappa shape index (κ2) is 7.33. The molecule has 1 aliphatic rings. The first-order chi connectivity index (χ1) is 12.8. The number of nitrogens with zero attached hydrogens (tertiary/aromatic N) is 3. The third-order valence-electron chi connectivity index (χ3n) is 3.73. The van der Waals surface area contributed by atoms with Gasteiger partial charge in [-0.25, -0.2) is 14.1 Å². The molecule has 2 amide bonds. The van der Waals surface area contributed by atoms with Gasteiger partial charge in [0.05, 0.1) is 6.04 Å². The van der Waals surface area contributed by atoms with Gasteiger partial charge in [0.15, 0.2) is 10.8 Å². The zero-order valence-electron chi connectivity index (χ0n) is 14.8. The van der Waals surface area contributed by atoms with Crippen molar-refractivity contribution in [2.24, 2.45) is 5.16 Å². The topological polar surface area (TPSA) is 202 Å². The van der Waals surface area contributed by atoms with E-state index in [4.69, 9.17) is 20.2 Å². The van der Waals surface area contributed by atoms with E-state index >= 15 is 0 Å². The predicted octanol–water partition coefficient (Wildman–Crippen LogP) is -1.17. The van der Waals surface area contributed by atoms with Gasteiger partial charge >= 0.3 is 16.3 Å². The summed E-state index contributed by atoms with van der Waals surface area (Å²) >= 11 is 0.980. The van der Waals surface area contributed by atoms with Crippen molar-refractivity contribution in [3.63, 3.8) is 0 Å². The van der Waals surface area contributed by atoms with Gasteiger partial charge in [-0.05, 0) is 20.8 Å². The minimum atomic E-state index is -4.76. The van der Waals surface area contributed by atoms with Crippen LogP contribution >= 0.6 is 11.3 Å². The monoisotopic (exact) mass is 435 g/mol. The molecule has 0 unspecified atom stereocenters. The van der Waals surface area contributed by atoms with E-state index in [9.17, 15) is 22.8 Å². The van der Waals surface area contributed by atoms with Crippen LogP contribution in [0.4, 0.5) is 5.13 Å². The number of amides is 2. The first-order valence-corrected chi connectivity index (χ1v) is 9.86. The van der Waals surface area contributed by atoms with Gasteiger partial charge in [-0.1, -0.05) is 5.16 Å². The first kappa shape index (κ1) is 21.5. The highest BCUT2D eigenvalue weighted by Gasteiger charge is 2.51. The number of carbonyl (C=O) groups is 3. The van der Waals surface area contributed by atoms with E-state index in [0.29, 0.717) is 0 Å². The van der Waals surface area contributed by atoms with Crippen LogP contribution in [0.3, 0.4) is 0 Å². The molecule has 0 saturated carbocycles. The molecule has 0 bridgehead atoms. The van der Waals surface area contributed by atoms with Crippen LogP contribution in [0.15, 0.2) is 10.5 Å². The van der Waals surface area contributed by atoms with E-state index < -0.39 is 51.5 Å². The Labute approximate surface area is 163 Å². The standard InChI is InChI=1S/C13H17N5O8S2/c1-5-7(10(20)18(5)28(23,24)25)16-9(19)8(6-4-27-12(14)15-6)17-26-13(2,3)11(21)22/h4-5,7H,1-3H3,(H2,14,15)(H,16,19)(H,21,22)(H,23,24,25)/b17-8+/t5-,7+/m0/s1. The van der Waals surface area contributed by atoms with Crippen LogP contribution in [0.2, 0.25) is 0 Å². The van der Waals surface area contributed by atoms with Crippen LogP contribution in [0, 0.1) is 0 Å². The van der Waals surface area contributed by atoms with Crippen LogP contribution in [0.5, 0.6) is 0 Å². The van der Waals surface area contributed by atoms with Gasteiger partial charge < -0.3 is 21.0 Å². The molecule has 0 radical (unpaired) electrons. The molecule has 1 fully saturated rings. The summed E-state index contributed by atoms with van der Waals surface area (Å²) in [7, 11) is -4.76. The Morgan fingerprint density at radius 1 is 1.46 bits per heavy atom. The number of carboxylic acid groups (broad SMARTS) is 1. The fourth-order valence-electron chi connectivity index (χ4n) is 2.11. The fraction of sp³-hybridized carbons (Fsp3) is 0.462. The van der Waals surface area contributed by atoms with Crippen LogP contribution in [0.1, 0.15) is 26.5 Å².